The fraction of sp³-hybridized carbons (Fsp3) is 0.0500. The lowest BCUT2D eigenvalue weighted by molar-refractivity contribution is 1.36. The van der Waals surface area contributed by atoms with Crippen LogP contribution in [0.3, 0.4) is 0 Å². The van der Waals surface area contributed by atoms with Crippen LogP contribution in [0.1, 0.15) is 11.1 Å². The molecule has 0 atom stereocenters. The Labute approximate surface area is 146 Å². The first-order valence-electron chi connectivity index (χ1n) is 7.34. The molecule has 0 saturated heterocycles. The smallest absolute Gasteiger partial charge is 0.0816 e. The number of rotatable bonds is 4. The van der Waals surface area contributed by atoms with Crippen LogP contribution in [0.5, 0.6) is 0 Å². The molecule has 0 heterocycles. The highest BCUT2D eigenvalue weighted by Crippen LogP contribution is 2.28. The van der Waals surface area contributed by atoms with E-state index in [1.807, 2.05) is 30.5 Å². The molecule has 0 radical (unpaired) electrons. The second-order valence-electron chi connectivity index (χ2n) is 5.19. The lowest BCUT2D eigenvalue weighted by atomic mass is 10.2. The van der Waals surface area contributed by atoms with Gasteiger partial charge in [0, 0.05) is 16.0 Å². The minimum atomic E-state index is 0.662. The van der Waals surface area contributed by atoms with Crippen molar-refractivity contribution >= 4 is 35.3 Å². The summed E-state index contributed by atoms with van der Waals surface area (Å²) in [5.74, 6) is 0. The molecule has 0 unspecified atom stereocenters. The first kappa shape index (κ1) is 15.9. The molecule has 0 aliphatic carbocycles. The lowest BCUT2D eigenvalue weighted by Gasteiger charge is -2.03. The molecule has 114 valence electrons. The molecule has 0 aliphatic rings. The van der Waals surface area contributed by atoms with Crippen LogP contribution in [0, 0.1) is 6.92 Å². The Hall–Kier alpha value is -2.03. The van der Waals surface area contributed by atoms with Crippen LogP contribution in [-0.4, -0.2) is 6.21 Å². The van der Waals surface area contributed by atoms with Crippen molar-refractivity contribution in [2.75, 3.05) is 0 Å². The van der Waals surface area contributed by atoms with Crippen molar-refractivity contribution < 1.29 is 0 Å². The molecule has 0 aromatic heterocycles. The van der Waals surface area contributed by atoms with Gasteiger partial charge in [-0.2, -0.15) is 0 Å². The van der Waals surface area contributed by atoms with E-state index in [-0.39, 0.29) is 0 Å². The zero-order valence-corrected chi connectivity index (χ0v) is 14.3. The number of para-hydroxylation sites is 1. The molecule has 0 saturated carbocycles. The normalized spacial score (nSPS) is 11.0. The van der Waals surface area contributed by atoms with Crippen LogP contribution in [-0.2, 0) is 0 Å². The zero-order chi connectivity index (χ0) is 16.1. The van der Waals surface area contributed by atoms with Gasteiger partial charge in [0.05, 0.1) is 10.7 Å². The Morgan fingerprint density at radius 2 is 1.43 bits per heavy atom. The zero-order valence-electron chi connectivity index (χ0n) is 12.7. The first-order chi connectivity index (χ1) is 11.2. The summed E-state index contributed by atoms with van der Waals surface area (Å²) in [6.07, 6.45) is 1.83. The van der Waals surface area contributed by atoms with Crippen LogP contribution in [0.25, 0.3) is 0 Å². The molecule has 0 amide bonds. The topological polar surface area (TPSA) is 12.4 Å². The second kappa shape index (κ2) is 7.49. The summed E-state index contributed by atoms with van der Waals surface area (Å²) in [7, 11) is 0. The highest BCUT2D eigenvalue weighted by atomic mass is 35.5. The molecule has 0 bridgehead atoms. The van der Waals surface area contributed by atoms with Crippen molar-refractivity contribution in [1.29, 1.82) is 0 Å². The van der Waals surface area contributed by atoms with E-state index >= 15 is 0 Å². The molecular weight excluding hydrogens is 322 g/mol. The van der Waals surface area contributed by atoms with Gasteiger partial charge in [-0.1, -0.05) is 65.3 Å². The summed E-state index contributed by atoms with van der Waals surface area (Å²) in [6.45, 7) is 2.10. The molecule has 3 aromatic rings. The maximum Gasteiger partial charge on any atom is 0.0816 e. The molecule has 1 nitrogen and oxygen atoms in total. The molecule has 3 rings (SSSR count). The van der Waals surface area contributed by atoms with E-state index in [1.165, 1.54) is 15.4 Å². The van der Waals surface area contributed by atoms with Crippen LogP contribution in [0.2, 0.25) is 5.02 Å². The van der Waals surface area contributed by atoms with E-state index in [1.54, 1.807) is 11.8 Å². The van der Waals surface area contributed by atoms with E-state index in [9.17, 15) is 0 Å². The monoisotopic (exact) mass is 337 g/mol. The van der Waals surface area contributed by atoms with Gasteiger partial charge < -0.3 is 0 Å². The Morgan fingerprint density at radius 1 is 0.826 bits per heavy atom. The SMILES string of the molecule is Cc1ccc(Sc2ccc(C=Nc3ccccc3Cl)cc2)cc1. The number of benzene rings is 3. The summed E-state index contributed by atoms with van der Waals surface area (Å²) < 4.78 is 0. The maximum absolute atomic E-state index is 6.10. The highest BCUT2D eigenvalue weighted by Gasteiger charge is 1.98. The number of aliphatic imine (C=N–C) groups is 1. The summed E-state index contributed by atoms with van der Waals surface area (Å²) in [4.78, 5) is 6.89. The van der Waals surface area contributed by atoms with Crippen LogP contribution in [0.4, 0.5) is 5.69 Å². The van der Waals surface area contributed by atoms with E-state index in [0.29, 0.717) is 5.02 Å². The molecule has 0 aliphatic heterocycles. The average molecular weight is 338 g/mol. The number of nitrogens with zero attached hydrogens (tertiary/aromatic N) is 1. The number of aryl methyl sites for hydroxylation is 1. The van der Waals surface area contributed by atoms with Crippen molar-refractivity contribution in [2.24, 2.45) is 4.99 Å². The van der Waals surface area contributed by atoms with Crippen LogP contribution >= 0.6 is 23.4 Å². The molecule has 0 fully saturated rings. The van der Waals surface area contributed by atoms with Crippen molar-refractivity contribution in [3.63, 3.8) is 0 Å². The van der Waals surface area contributed by atoms with Crippen LogP contribution < -0.4 is 0 Å². The molecule has 0 spiro atoms. The quantitative estimate of drug-likeness (QED) is 0.492. The third-order valence-electron chi connectivity index (χ3n) is 3.34. The third kappa shape index (κ3) is 4.47. The largest absolute Gasteiger partial charge is 0.255 e. The Morgan fingerprint density at radius 3 is 2.09 bits per heavy atom. The van der Waals surface area contributed by atoms with Gasteiger partial charge in [-0.25, -0.2) is 0 Å². The summed E-state index contributed by atoms with van der Waals surface area (Å²) in [6, 6.07) is 24.5. The van der Waals surface area contributed by atoms with Crippen molar-refractivity contribution in [3.8, 4) is 0 Å². The Kier molecular flexibility index (Phi) is 5.16. The van der Waals surface area contributed by atoms with E-state index in [0.717, 1.165) is 11.3 Å². The van der Waals surface area contributed by atoms with Crippen molar-refractivity contribution in [1.82, 2.24) is 0 Å². The second-order valence-corrected chi connectivity index (χ2v) is 6.75. The molecule has 23 heavy (non-hydrogen) atoms. The predicted molar refractivity (Wildman–Crippen MR) is 100 cm³/mol. The van der Waals surface area contributed by atoms with Gasteiger partial charge in [0.15, 0.2) is 0 Å². The molecular formula is C20H16ClNS. The summed E-state index contributed by atoms with van der Waals surface area (Å²) in [5.41, 5.74) is 3.12. The minimum absolute atomic E-state index is 0.662. The Bertz CT molecular complexity index is 808. The van der Waals surface area contributed by atoms with E-state index < -0.39 is 0 Å². The third-order valence-corrected chi connectivity index (χ3v) is 4.68. The van der Waals surface area contributed by atoms with Gasteiger partial charge >= 0.3 is 0 Å². The maximum atomic E-state index is 6.10. The Balaban J connectivity index is 1.69. The van der Waals surface area contributed by atoms with Gasteiger partial charge in [-0.05, 0) is 48.9 Å². The van der Waals surface area contributed by atoms with Crippen molar-refractivity contribution in [2.45, 2.75) is 16.7 Å². The minimum Gasteiger partial charge on any atom is -0.255 e. The van der Waals surface area contributed by atoms with Crippen LogP contribution in [0.15, 0.2) is 87.6 Å². The van der Waals surface area contributed by atoms with Gasteiger partial charge in [0.2, 0.25) is 0 Å². The fourth-order valence-electron chi connectivity index (χ4n) is 2.06. The summed E-state index contributed by atoms with van der Waals surface area (Å²) in [5, 5.41) is 0.662. The number of hydrogen-bond donors (Lipinski definition) is 0. The molecule has 3 aromatic carbocycles. The molecule has 0 N–H and O–H groups in total. The van der Waals surface area contributed by atoms with Gasteiger partial charge in [-0.15, -0.1) is 0 Å². The standard InChI is InChI=1S/C20H16ClNS/c1-15-6-10-17(11-7-15)23-18-12-8-16(9-13-18)14-22-20-5-3-2-4-19(20)21/h2-14H,1H3. The first-order valence-corrected chi connectivity index (χ1v) is 8.53. The van der Waals surface area contributed by atoms with Gasteiger partial charge in [-0.3, -0.25) is 4.99 Å². The number of hydrogen-bond acceptors (Lipinski definition) is 2. The average Bonchev–Trinajstić information content (AvgIpc) is 2.58. The molecule has 3 heteroatoms. The predicted octanol–water partition coefficient (Wildman–Crippen LogP) is 6.55. The van der Waals surface area contributed by atoms with Crippen molar-refractivity contribution in [3.05, 3.63) is 88.9 Å². The number of halogens is 1. The van der Waals surface area contributed by atoms with Gasteiger partial charge in [0.25, 0.3) is 0 Å². The van der Waals surface area contributed by atoms with Gasteiger partial charge in [0.1, 0.15) is 0 Å². The van der Waals surface area contributed by atoms with E-state index in [4.69, 9.17) is 11.6 Å². The summed E-state index contributed by atoms with van der Waals surface area (Å²) >= 11 is 7.86. The highest BCUT2D eigenvalue weighted by molar-refractivity contribution is 7.99. The lowest BCUT2D eigenvalue weighted by Crippen LogP contribution is -1.81. The fourth-order valence-corrected chi connectivity index (χ4v) is 3.07. The van der Waals surface area contributed by atoms with E-state index in [2.05, 4.69) is 60.4 Å².